The molecule has 3 rings (SSSR count). The van der Waals surface area contributed by atoms with Crippen LogP contribution in [0, 0.1) is 10.1 Å². The maximum atomic E-state index is 10.7. The molecule has 134 valence electrons. The van der Waals surface area contributed by atoms with Crippen molar-refractivity contribution in [3.8, 4) is 0 Å². The van der Waals surface area contributed by atoms with Crippen LogP contribution in [0.4, 0.5) is 5.69 Å². The van der Waals surface area contributed by atoms with Crippen LogP contribution in [0.1, 0.15) is 18.6 Å². The maximum Gasteiger partial charge on any atom is 0.306 e. The zero-order valence-corrected chi connectivity index (χ0v) is 14.1. The largest absolute Gasteiger partial charge is 0.390 e. The van der Waals surface area contributed by atoms with Crippen molar-refractivity contribution in [2.24, 2.45) is 0 Å². The van der Waals surface area contributed by atoms with E-state index < -0.39 is 11.0 Å². The van der Waals surface area contributed by atoms with Crippen LogP contribution in [-0.4, -0.2) is 56.6 Å². The Bertz CT molecular complexity index is 706. The Morgan fingerprint density at radius 2 is 2.16 bits per heavy atom. The molecule has 2 heterocycles. The lowest BCUT2D eigenvalue weighted by atomic mass is 10.1. The molecule has 2 aromatic rings. The first kappa shape index (κ1) is 17.5. The maximum absolute atomic E-state index is 10.7. The quantitative estimate of drug-likeness (QED) is 0.631. The third-order valence-corrected chi connectivity index (χ3v) is 4.41. The summed E-state index contributed by atoms with van der Waals surface area (Å²) in [6, 6.07) is 10.2. The van der Waals surface area contributed by atoms with Crippen LogP contribution in [0.2, 0.25) is 0 Å². The van der Waals surface area contributed by atoms with Gasteiger partial charge in [-0.25, -0.2) is 0 Å². The topological polar surface area (TPSA) is 93.7 Å². The molecule has 3 atom stereocenters. The molecule has 8 nitrogen and oxygen atoms in total. The fraction of sp³-hybridized carbons (Fsp3) is 0.471. The van der Waals surface area contributed by atoms with Gasteiger partial charge in [-0.1, -0.05) is 30.3 Å². The summed E-state index contributed by atoms with van der Waals surface area (Å²) in [5.41, 5.74) is 1.05. The van der Waals surface area contributed by atoms with Gasteiger partial charge in [0, 0.05) is 19.1 Å². The lowest BCUT2D eigenvalue weighted by molar-refractivity contribution is -0.385. The average molecular weight is 346 g/mol. The Balaban J connectivity index is 1.58. The van der Waals surface area contributed by atoms with E-state index in [0.717, 1.165) is 5.56 Å². The first-order valence-electron chi connectivity index (χ1n) is 8.28. The summed E-state index contributed by atoms with van der Waals surface area (Å²) >= 11 is 0. The third-order valence-electron chi connectivity index (χ3n) is 4.41. The van der Waals surface area contributed by atoms with Crippen LogP contribution in [0.25, 0.3) is 0 Å². The SMILES string of the molecule is C[C@@H]1CO[C@H](c2ccccc2)CN1C[C@H](O)Cn1cc([N+](=O)[O-])cn1. The minimum absolute atomic E-state index is 0.0182. The van der Waals surface area contributed by atoms with E-state index in [1.807, 2.05) is 30.3 Å². The van der Waals surface area contributed by atoms with Gasteiger partial charge in [0.1, 0.15) is 12.4 Å². The van der Waals surface area contributed by atoms with E-state index in [4.69, 9.17) is 4.74 Å². The van der Waals surface area contributed by atoms with Gasteiger partial charge in [0.15, 0.2) is 0 Å². The summed E-state index contributed by atoms with van der Waals surface area (Å²) in [6.07, 6.45) is 1.83. The number of β-amino-alcohol motifs (C(OH)–C–C–N with tert-alkyl or cyclic N) is 1. The molecule has 0 bridgehead atoms. The number of hydrogen-bond acceptors (Lipinski definition) is 6. The van der Waals surface area contributed by atoms with Crippen LogP contribution < -0.4 is 0 Å². The number of aliphatic hydroxyl groups is 1. The van der Waals surface area contributed by atoms with Gasteiger partial charge in [-0.15, -0.1) is 0 Å². The normalized spacial score (nSPS) is 22.6. The number of morpholine rings is 1. The van der Waals surface area contributed by atoms with E-state index in [0.29, 0.717) is 19.7 Å². The van der Waals surface area contributed by atoms with Gasteiger partial charge in [-0.2, -0.15) is 5.10 Å². The molecule has 25 heavy (non-hydrogen) atoms. The number of aliphatic hydroxyl groups excluding tert-OH is 1. The minimum Gasteiger partial charge on any atom is -0.390 e. The molecule has 0 spiro atoms. The molecule has 1 aliphatic heterocycles. The van der Waals surface area contributed by atoms with Gasteiger partial charge in [-0.3, -0.25) is 19.7 Å². The van der Waals surface area contributed by atoms with Gasteiger partial charge in [-0.05, 0) is 12.5 Å². The van der Waals surface area contributed by atoms with Gasteiger partial charge in [0.05, 0.1) is 30.3 Å². The van der Waals surface area contributed by atoms with E-state index >= 15 is 0 Å². The molecule has 1 saturated heterocycles. The lowest BCUT2D eigenvalue weighted by Crippen LogP contribution is -2.48. The Morgan fingerprint density at radius 3 is 2.84 bits per heavy atom. The van der Waals surface area contributed by atoms with Crippen molar-refractivity contribution in [3.63, 3.8) is 0 Å². The monoisotopic (exact) mass is 346 g/mol. The summed E-state index contributed by atoms with van der Waals surface area (Å²) in [5, 5.41) is 25.0. The van der Waals surface area contributed by atoms with Crippen molar-refractivity contribution in [3.05, 3.63) is 58.4 Å². The predicted molar refractivity (Wildman–Crippen MR) is 91.1 cm³/mol. The van der Waals surface area contributed by atoms with E-state index in [1.54, 1.807) is 0 Å². The molecule has 0 aliphatic carbocycles. The molecule has 8 heteroatoms. The molecule has 1 aromatic heterocycles. The van der Waals surface area contributed by atoms with Gasteiger partial charge in [0.2, 0.25) is 0 Å². The fourth-order valence-electron chi connectivity index (χ4n) is 3.02. The molecule has 0 amide bonds. The Hall–Kier alpha value is -2.29. The Labute approximate surface area is 145 Å². The molecule has 0 radical (unpaired) electrons. The van der Waals surface area contributed by atoms with Crippen molar-refractivity contribution < 1.29 is 14.8 Å². The van der Waals surface area contributed by atoms with E-state index in [-0.39, 0.29) is 24.4 Å². The average Bonchev–Trinajstić information content (AvgIpc) is 3.06. The highest BCUT2D eigenvalue weighted by Gasteiger charge is 2.28. The highest BCUT2D eigenvalue weighted by atomic mass is 16.6. The number of hydrogen-bond donors (Lipinski definition) is 1. The Kier molecular flexibility index (Phi) is 5.42. The van der Waals surface area contributed by atoms with E-state index in [2.05, 4.69) is 16.9 Å². The van der Waals surface area contributed by atoms with Crippen molar-refractivity contribution >= 4 is 5.69 Å². The molecular weight excluding hydrogens is 324 g/mol. The van der Waals surface area contributed by atoms with Crippen LogP contribution in [0.15, 0.2) is 42.7 Å². The number of aromatic nitrogens is 2. The second kappa shape index (κ2) is 7.73. The molecule has 1 aromatic carbocycles. The lowest BCUT2D eigenvalue weighted by Gasteiger charge is -2.39. The summed E-state index contributed by atoms with van der Waals surface area (Å²) < 4.78 is 7.33. The summed E-state index contributed by atoms with van der Waals surface area (Å²) in [5.74, 6) is 0. The van der Waals surface area contributed by atoms with Gasteiger partial charge < -0.3 is 9.84 Å². The summed E-state index contributed by atoms with van der Waals surface area (Å²) in [4.78, 5) is 12.4. The molecule has 1 aliphatic rings. The van der Waals surface area contributed by atoms with Gasteiger partial charge in [0.25, 0.3) is 0 Å². The number of nitro groups is 1. The van der Waals surface area contributed by atoms with Crippen molar-refractivity contribution in [1.29, 1.82) is 0 Å². The van der Waals surface area contributed by atoms with Crippen LogP contribution in [0.3, 0.4) is 0 Å². The van der Waals surface area contributed by atoms with Crippen LogP contribution >= 0.6 is 0 Å². The standard InChI is InChI=1S/C17H22N4O4/c1-13-12-25-17(14-5-3-2-4-6-14)11-19(13)9-16(22)10-20-8-15(7-18-20)21(23)24/h2-8,13,16-17,22H,9-12H2,1H3/t13-,16+,17+/m1/s1. The zero-order valence-electron chi connectivity index (χ0n) is 14.1. The third kappa shape index (κ3) is 4.41. The molecular formula is C17H22N4O4. The highest BCUT2D eigenvalue weighted by Crippen LogP contribution is 2.24. The minimum atomic E-state index is -0.670. The van der Waals surface area contributed by atoms with Crippen molar-refractivity contribution in [1.82, 2.24) is 14.7 Å². The van der Waals surface area contributed by atoms with Crippen molar-refractivity contribution in [2.45, 2.75) is 31.7 Å². The summed E-state index contributed by atoms with van der Waals surface area (Å²) in [7, 11) is 0. The second-order valence-corrected chi connectivity index (χ2v) is 6.37. The second-order valence-electron chi connectivity index (χ2n) is 6.37. The molecule has 1 N–H and O–H groups in total. The first-order chi connectivity index (χ1) is 12.0. The fourth-order valence-corrected chi connectivity index (χ4v) is 3.02. The zero-order chi connectivity index (χ0) is 17.8. The molecule has 0 saturated carbocycles. The van der Waals surface area contributed by atoms with E-state index in [9.17, 15) is 15.2 Å². The number of ether oxygens (including phenoxy) is 1. The highest BCUT2D eigenvalue weighted by molar-refractivity contribution is 5.20. The molecule has 0 unspecified atom stereocenters. The number of benzene rings is 1. The first-order valence-corrected chi connectivity index (χ1v) is 8.28. The Morgan fingerprint density at radius 1 is 1.40 bits per heavy atom. The van der Waals surface area contributed by atoms with Crippen LogP contribution in [0.5, 0.6) is 0 Å². The number of nitrogens with zero attached hydrogens (tertiary/aromatic N) is 4. The predicted octanol–water partition coefficient (Wildman–Crippen LogP) is 1.61. The molecule has 1 fully saturated rings. The summed E-state index contributed by atoms with van der Waals surface area (Å²) in [6.45, 7) is 4.03. The van der Waals surface area contributed by atoms with E-state index in [1.165, 1.54) is 17.1 Å². The van der Waals surface area contributed by atoms with Crippen molar-refractivity contribution in [2.75, 3.05) is 19.7 Å². The van der Waals surface area contributed by atoms with Crippen LogP contribution in [-0.2, 0) is 11.3 Å². The smallest absolute Gasteiger partial charge is 0.306 e. The number of rotatable bonds is 6. The van der Waals surface area contributed by atoms with Gasteiger partial charge >= 0.3 is 5.69 Å².